The van der Waals surface area contributed by atoms with Crippen molar-refractivity contribution in [2.45, 2.75) is 31.7 Å². The van der Waals surface area contributed by atoms with Crippen molar-refractivity contribution in [3.63, 3.8) is 0 Å². The average molecular weight is 402 g/mol. The van der Waals surface area contributed by atoms with Gasteiger partial charge < -0.3 is 18.9 Å². The molecule has 0 aliphatic carbocycles. The molecule has 3 rings (SSSR count). The van der Waals surface area contributed by atoms with Crippen LogP contribution in [0, 0.1) is 6.92 Å². The molecule has 0 fully saturated rings. The number of H-pyrrole nitrogens is 1. The Morgan fingerprint density at radius 3 is 2.43 bits per heavy atom. The van der Waals surface area contributed by atoms with Crippen LogP contribution in [0.4, 0.5) is 5.69 Å². The van der Waals surface area contributed by atoms with Gasteiger partial charge in [-0.3, -0.25) is 4.98 Å². The molecule has 0 aliphatic heterocycles. The zero-order valence-corrected chi connectivity index (χ0v) is 17.9. The Morgan fingerprint density at radius 2 is 1.79 bits per heavy atom. The highest BCUT2D eigenvalue weighted by atomic mass is 32.2. The van der Waals surface area contributed by atoms with Gasteiger partial charge in [0.2, 0.25) is 0 Å². The van der Waals surface area contributed by atoms with Gasteiger partial charge in [0.1, 0.15) is 5.75 Å². The van der Waals surface area contributed by atoms with Crippen molar-refractivity contribution in [3.05, 3.63) is 41.5 Å². The lowest BCUT2D eigenvalue weighted by atomic mass is 10.1. The van der Waals surface area contributed by atoms with Crippen LogP contribution in [0.1, 0.15) is 25.0 Å². The first-order valence-corrected chi connectivity index (χ1v) is 10.7. The average Bonchev–Trinajstić information content (AvgIpc) is 3.07. The summed E-state index contributed by atoms with van der Waals surface area (Å²) in [7, 11) is 3.99. The molecule has 3 aromatic rings. The molecule has 1 atom stereocenters. The zero-order valence-electron chi connectivity index (χ0n) is 17.0. The number of ether oxygens (including phenoxy) is 2. The minimum atomic E-state index is -1.30. The molecule has 1 unspecified atom stereocenters. The van der Waals surface area contributed by atoms with Gasteiger partial charge in [-0.2, -0.15) is 4.98 Å². The van der Waals surface area contributed by atoms with Crippen LogP contribution in [0.25, 0.3) is 11.0 Å². The summed E-state index contributed by atoms with van der Waals surface area (Å²) in [5.74, 6) is 1.71. The van der Waals surface area contributed by atoms with Crippen molar-refractivity contribution in [1.82, 2.24) is 9.97 Å². The van der Waals surface area contributed by atoms with Crippen LogP contribution in [-0.4, -0.2) is 41.8 Å². The van der Waals surface area contributed by atoms with Crippen molar-refractivity contribution >= 4 is 27.9 Å². The molecule has 0 amide bonds. The maximum absolute atomic E-state index is 13.1. The lowest BCUT2D eigenvalue weighted by molar-refractivity contribution is 0.288. The van der Waals surface area contributed by atoms with E-state index in [1.807, 2.05) is 70.1 Å². The third-order valence-corrected chi connectivity index (χ3v) is 5.66. The quantitative estimate of drug-likeness (QED) is 0.577. The highest BCUT2D eigenvalue weighted by Crippen LogP contribution is 2.33. The molecule has 28 heavy (non-hydrogen) atoms. The summed E-state index contributed by atoms with van der Waals surface area (Å²) < 4.78 is 24.4. The van der Waals surface area contributed by atoms with E-state index in [1.54, 1.807) is 0 Å². The second-order valence-corrected chi connectivity index (χ2v) is 8.05. The van der Waals surface area contributed by atoms with Crippen LogP contribution in [0.15, 0.2) is 35.5 Å². The molecule has 2 aromatic carbocycles. The second kappa shape index (κ2) is 8.75. The van der Waals surface area contributed by atoms with Gasteiger partial charge in [-0.05, 0) is 32.4 Å². The zero-order chi connectivity index (χ0) is 20.3. The SMILES string of the molecule is CCOc1cc2nc([S+]([O-])Cc3c(C)cccc3N(C)C)[nH]c2cc1OCC. The Labute approximate surface area is 169 Å². The standard InChI is InChI=1S/C21H27N3O3S/c1-6-26-19-11-16-17(12-20(19)27-7-2)23-21(22-16)28(25)13-15-14(3)9-8-10-18(15)24(4)5/h8-12H,6-7,13H2,1-5H3,(H,22,23). The van der Waals surface area contributed by atoms with Crippen LogP contribution < -0.4 is 14.4 Å². The molecule has 7 heteroatoms. The Hall–Kier alpha value is -2.38. The largest absolute Gasteiger partial charge is 0.609 e. The molecule has 1 N–H and O–H groups in total. The monoisotopic (exact) mass is 401 g/mol. The Bertz CT molecular complexity index is 912. The van der Waals surface area contributed by atoms with Crippen LogP contribution in [0.2, 0.25) is 0 Å². The van der Waals surface area contributed by atoms with Crippen LogP contribution in [-0.2, 0) is 16.9 Å². The summed E-state index contributed by atoms with van der Waals surface area (Å²) in [6, 6.07) is 9.79. The Balaban J connectivity index is 1.94. The van der Waals surface area contributed by atoms with E-state index in [0.717, 1.165) is 22.3 Å². The van der Waals surface area contributed by atoms with Gasteiger partial charge in [-0.15, -0.1) is 0 Å². The maximum atomic E-state index is 13.1. The molecule has 0 aliphatic rings. The van der Waals surface area contributed by atoms with Crippen LogP contribution in [0.3, 0.4) is 0 Å². The predicted octanol–water partition coefficient (Wildman–Crippen LogP) is 4.04. The van der Waals surface area contributed by atoms with Crippen LogP contribution >= 0.6 is 0 Å². The third-order valence-electron chi connectivity index (χ3n) is 4.48. The third kappa shape index (κ3) is 4.20. The van der Waals surface area contributed by atoms with Gasteiger partial charge >= 0.3 is 5.16 Å². The van der Waals surface area contributed by atoms with Gasteiger partial charge in [-0.1, -0.05) is 12.1 Å². The van der Waals surface area contributed by atoms with Crippen molar-refractivity contribution in [3.8, 4) is 11.5 Å². The minimum absolute atomic E-state index is 0.399. The topological polar surface area (TPSA) is 73.4 Å². The number of imidazole rings is 1. The fourth-order valence-electron chi connectivity index (χ4n) is 3.13. The number of hydrogen-bond acceptors (Lipinski definition) is 5. The molecule has 0 bridgehead atoms. The highest BCUT2D eigenvalue weighted by molar-refractivity contribution is 7.90. The highest BCUT2D eigenvalue weighted by Gasteiger charge is 2.22. The first-order chi connectivity index (χ1) is 13.4. The van der Waals surface area contributed by atoms with Gasteiger partial charge in [0.05, 0.1) is 24.2 Å². The van der Waals surface area contributed by atoms with E-state index in [-0.39, 0.29) is 0 Å². The number of aryl methyl sites for hydroxylation is 1. The lowest BCUT2D eigenvalue weighted by Gasteiger charge is -2.19. The summed E-state index contributed by atoms with van der Waals surface area (Å²) in [6.45, 7) is 6.97. The first kappa shape index (κ1) is 20.4. The fraction of sp³-hybridized carbons (Fsp3) is 0.381. The molecule has 150 valence electrons. The van der Waals surface area contributed by atoms with E-state index in [9.17, 15) is 4.55 Å². The lowest BCUT2D eigenvalue weighted by Crippen LogP contribution is -2.15. The van der Waals surface area contributed by atoms with E-state index < -0.39 is 11.2 Å². The van der Waals surface area contributed by atoms with Gasteiger partial charge in [0.25, 0.3) is 0 Å². The number of nitrogens with zero attached hydrogens (tertiary/aromatic N) is 2. The number of rotatable bonds is 8. The molecule has 0 radical (unpaired) electrons. The van der Waals surface area contributed by atoms with E-state index >= 15 is 0 Å². The number of aromatic nitrogens is 2. The summed E-state index contributed by atoms with van der Waals surface area (Å²) in [5, 5.41) is 0.457. The van der Waals surface area contributed by atoms with E-state index in [1.165, 1.54) is 0 Å². The van der Waals surface area contributed by atoms with E-state index in [0.29, 0.717) is 41.1 Å². The molecule has 6 nitrogen and oxygen atoms in total. The smallest absolute Gasteiger partial charge is 0.321 e. The van der Waals surface area contributed by atoms with Crippen molar-refractivity contribution in [2.75, 3.05) is 32.2 Å². The molecule has 1 aromatic heterocycles. The number of benzene rings is 2. The number of fused-ring (bicyclic) bond motifs is 1. The van der Waals surface area contributed by atoms with E-state index in [2.05, 4.69) is 9.97 Å². The fourth-order valence-corrected chi connectivity index (χ4v) is 4.33. The Morgan fingerprint density at radius 1 is 1.11 bits per heavy atom. The molecule has 0 saturated heterocycles. The Kier molecular flexibility index (Phi) is 6.36. The predicted molar refractivity (Wildman–Crippen MR) is 114 cm³/mol. The normalized spacial score (nSPS) is 12.2. The number of anilines is 1. The van der Waals surface area contributed by atoms with Crippen LogP contribution in [0.5, 0.6) is 11.5 Å². The first-order valence-electron chi connectivity index (χ1n) is 9.38. The molecule has 1 heterocycles. The second-order valence-electron chi connectivity index (χ2n) is 6.68. The van der Waals surface area contributed by atoms with Crippen molar-refractivity contribution in [1.29, 1.82) is 0 Å². The number of hydrogen-bond donors (Lipinski definition) is 1. The summed E-state index contributed by atoms with van der Waals surface area (Å²) >= 11 is -1.30. The maximum Gasteiger partial charge on any atom is 0.321 e. The molecule has 0 spiro atoms. The van der Waals surface area contributed by atoms with Gasteiger partial charge in [-0.25, -0.2) is 0 Å². The number of nitrogens with one attached hydrogen (secondary N) is 1. The minimum Gasteiger partial charge on any atom is -0.609 e. The summed E-state index contributed by atoms with van der Waals surface area (Å²) in [6.07, 6.45) is 0. The van der Waals surface area contributed by atoms with Crippen molar-refractivity contribution < 1.29 is 14.0 Å². The molecule has 0 saturated carbocycles. The van der Waals surface area contributed by atoms with Crippen molar-refractivity contribution in [2.24, 2.45) is 0 Å². The van der Waals surface area contributed by atoms with Gasteiger partial charge in [0.15, 0.2) is 11.5 Å². The number of aromatic amines is 1. The molecular weight excluding hydrogens is 374 g/mol. The summed E-state index contributed by atoms with van der Waals surface area (Å²) in [5.41, 5.74) is 4.76. The summed E-state index contributed by atoms with van der Waals surface area (Å²) in [4.78, 5) is 9.79. The molecular formula is C21H27N3O3S. The van der Waals surface area contributed by atoms with E-state index in [4.69, 9.17) is 9.47 Å². The van der Waals surface area contributed by atoms with Gasteiger partial charge in [0, 0.05) is 48.7 Å².